The average Bonchev–Trinajstić information content (AvgIpc) is 2.04. The van der Waals surface area contributed by atoms with E-state index in [1.165, 1.54) is 32.1 Å². The molecule has 12 heavy (non-hydrogen) atoms. The van der Waals surface area contributed by atoms with Crippen molar-refractivity contribution in [1.29, 1.82) is 0 Å². The van der Waals surface area contributed by atoms with Crippen molar-refractivity contribution in [1.82, 2.24) is 0 Å². The first kappa shape index (κ1) is 8.55. The molecule has 0 spiro atoms. The van der Waals surface area contributed by atoms with Crippen molar-refractivity contribution >= 4 is 0 Å². The summed E-state index contributed by atoms with van der Waals surface area (Å²) in [5.41, 5.74) is 0. The lowest BCUT2D eigenvalue weighted by atomic mass is 9.66. The largest absolute Gasteiger partial charge is 0.393 e. The minimum absolute atomic E-state index is 0.0269. The molecule has 0 heterocycles. The SMILES string of the molecule is CC1CC(O)C2CCCCC2C1. The first-order valence-corrected chi connectivity index (χ1v) is 5.45. The Kier molecular flexibility index (Phi) is 2.40. The predicted octanol–water partition coefficient (Wildman–Crippen LogP) is 2.58. The van der Waals surface area contributed by atoms with Crippen LogP contribution in [-0.2, 0) is 0 Å². The fraction of sp³-hybridized carbons (Fsp3) is 1.00. The summed E-state index contributed by atoms with van der Waals surface area (Å²) in [5.74, 6) is 2.28. The molecule has 70 valence electrons. The van der Waals surface area contributed by atoms with Crippen LogP contribution in [0.5, 0.6) is 0 Å². The van der Waals surface area contributed by atoms with E-state index in [1.807, 2.05) is 0 Å². The normalized spacial score (nSPS) is 48.5. The van der Waals surface area contributed by atoms with Crippen molar-refractivity contribution in [2.24, 2.45) is 17.8 Å². The van der Waals surface area contributed by atoms with Crippen LogP contribution in [0.15, 0.2) is 0 Å². The van der Waals surface area contributed by atoms with Crippen LogP contribution in [0.2, 0.25) is 0 Å². The summed E-state index contributed by atoms with van der Waals surface area (Å²) < 4.78 is 0. The number of hydrogen-bond donors (Lipinski definition) is 1. The minimum Gasteiger partial charge on any atom is -0.393 e. The zero-order valence-electron chi connectivity index (χ0n) is 8.00. The van der Waals surface area contributed by atoms with Gasteiger partial charge in [0.25, 0.3) is 0 Å². The maximum atomic E-state index is 9.87. The fourth-order valence-electron chi connectivity index (χ4n) is 3.24. The molecule has 0 bridgehead atoms. The lowest BCUT2D eigenvalue weighted by Gasteiger charge is -2.41. The second-order valence-corrected chi connectivity index (χ2v) is 4.85. The van der Waals surface area contributed by atoms with Gasteiger partial charge in [0.1, 0.15) is 0 Å². The van der Waals surface area contributed by atoms with Gasteiger partial charge in [0.2, 0.25) is 0 Å². The third-order valence-electron chi connectivity index (χ3n) is 3.81. The maximum absolute atomic E-state index is 9.87. The number of rotatable bonds is 0. The average molecular weight is 168 g/mol. The summed E-state index contributed by atoms with van der Waals surface area (Å²) in [6.07, 6.45) is 7.89. The summed E-state index contributed by atoms with van der Waals surface area (Å²) in [7, 11) is 0. The Morgan fingerprint density at radius 2 is 1.83 bits per heavy atom. The molecule has 2 aliphatic carbocycles. The highest BCUT2D eigenvalue weighted by Gasteiger charge is 2.36. The summed E-state index contributed by atoms with van der Waals surface area (Å²) in [4.78, 5) is 0. The molecular formula is C11H20O. The molecule has 2 saturated carbocycles. The highest BCUT2D eigenvalue weighted by molar-refractivity contribution is 4.87. The lowest BCUT2D eigenvalue weighted by molar-refractivity contribution is -0.00978. The van der Waals surface area contributed by atoms with Gasteiger partial charge in [-0.05, 0) is 37.0 Å². The van der Waals surface area contributed by atoms with E-state index in [0.29, 0.717) is 5.92 Å². The number of hydrogen-bond acceptors (Lipinski definition) is 1. The third kappa shape index (κ3) is 1.52. The van der Waals surface area contributed by atoms with Crippen LogP contribution in [0.25, 0.3) is 0 Å². The highest BCUT2D eigenvalue weighted by atomic mass is 16.3. The van der Waals surface area contributed by atoms with E-state index in [9.17, 15) is 5.11 Å². The van der Waals surface area contributed by atoms with Crippen LogP contribution in [0.4, 0.5) is 0 Å². The summed E-state index contributed by atoms with van der Waals surface area (Å²) in [6.45, 7) is 2.29. The Hall–Kier alpha value is -0.0400. The molecule has 1 nitrogen and oxygen atoms in total. The molecule has 0 saturated heterocycles. The molecule has 0 amide bonds. The zero-order valence-corrected chi connectivity index (χ0v) is 8.00. The van der Waals surface area contributed by atoms with Gasteiger partial charge in [-0.25, -0.2) is 0 Å². The van der Waals surface area contributed by atoms with E-state index in [0.717, 1.165) is 18.3 Å². The van der Waals surface area contributed by atoms with Crippen LogP contribution in [0.1, 0.15) is 45.4 Å². The van der Waals surface area contributed by atoms with Crippen molar-refractivity contribution in [2.45, 2.75) is 51.6 Å². The van der Waals surface area contributed by atoms with Gasteiger partial charge >= 0.3 is 0 Å². The van der Waals surface area contributed by atoms with Gasteiger partial charge in [-0.2, -0.15) is 0 Å². The number of aliphatic hydroxyl groups is 1. The Balaban J connectivity index is 2.01. The summed E-state index contributed by atoms with van der Waals surface area (Å²) in [6, 6.07) is 0. The van der Waals surface area contributed by atoms with E-state index >= 15 is 0 Å². The Morgan fingerprint density at radius 1 is 1.08 bits per heavy atom. The van der Waals surface area contributed by atoms with Crippen molar-refractivity contribution in [3.05, 3.63) is 0 Å². The quantitative estimate of drug-likeness (QED) is 0.589. The molecule has 4 atom stereocenters. The molecular weight excluding hydrogens is 148 g/mol. The van der Waals surface area contributed by atoms with E-state index < -0.39 is 0 Å². The third-order valence-corrected chi connectivity index (χ3v) is 3.81. The van der Waals surface area contributed by atoms with Crippen molar-refractivity contribution in [2.75, 3.05) is 0 Å². The van der Waals surface area contributed by atoms with Crippen molar-refractivity contribution in [3.63, 3.8) is 0 Å². The van der Waals surface area contributed by atoms with E-state index in [2.05, 4.69) is 6.92 Å². The van der Waals surface area contributed by atoms with E-state index in [-0.39, 0.29) is 6.10 Å². The molecule has 2 fully saturated rings. The molecule has 0 aromatic rings. The van der Waals surface area contributed by atoms with Crippen LogP contribution in [-0.4, -0.2) is 11.2 Å². The topological polar surface area (TPSA) is 20.2 Å². The standard InChI is InChI=1S/C11H20O/c1-8-6-9-4-2-3-5-10(9)11(12)7-8/h8-12H,2-7H2,1H3. The molecule has 4 unspecified atom stereocenters. The zero-order chi connectivity index (χ0) is 8.55. The van der Waals surface area contributed by atoms with E-state index in [1.54, 1.807) is 0 Å². The first-order valence-electron chi connectivity index (χ1n) is 5.45. The van der Waals surface area contributed by atoms with Gasteiger partial charge in [-0.1, -0.05) is 26.2 Å². The summed E-state index contributed by atoms with van der Waals surface area (Å²) in [5, 5.41) is 9.87. The molecule has 0 aromatic carbocycles. The van der Waals surface area contributed by atoms with Crippen molar-refractivity contribution < 1.29 is 5.11 Å². The molecule has 2 aliphatic rings. The second kappa shape index (κ2) is 3.37. The van der Waals surface area contributed by atoms with Gasteiger partial charge in [-0.15, -0.1) is 0 Å². The number of aliphatic hydroxyl groups excluding tert-OH is 1. The molecule has 0 aromatic heterocycles. The molecule has 0 aliphatic heterocycles. The second-order valence-electron chi connectivity index (χ2n) is 4.85. The summed E-state index contributed by atoms with van der Waals surface area (Å²) >= 11 is 0. The van der Waals surface area contributed by atoms with Gasteiger partial charge in [0, 0.05) is 0 Å². The van der Waals surface area contributed by atoms with Gasteiger partial charge in [0.15, 0.2) is 0 Å². The minimum atomic E-state index is 0.0269. The van der Waals surface area contributed by atoms with Crippen LogP contribution < -0.4 is 0 Å². The Bertz CT molecular complexity index is 155. The molecule has 1 N–H and O–H groups in total. The monoisotopic (exact) mass is 168 g/mol. The number of fused-ring (bicyclic) bond motifs is 1. The Morgan fingerprint density at radius 3 is 2.67 bits per heavy atom. The fourth-order valence-corrected chi connectivity index (χ4v) is 3.24. The highest BCUT2D eigenvalue weighted by Crippen LogP contribution is 2.42. The van der Waals surface area contributed by atoms with E-state index in [4.69, 9.17) is 0 Å². The lowest BCUT2D eigenvalue weighted by Crippen LogP contribution is -2.37. The smallest absolute Gasteiger partial charge is 0.0573 e. The van der Waals surface area contributed by atoms with Crippen LogP contribution in [0, 0.1) is 17.8 Å². The van der Waals surface area contributed by atoms with Crippen LogP contribution in [0.3, 0.4) is 0 Å². The first-order chi connectivity index (χ1) is 5.77. The van der Waals surface area contributed by atoms with Gasteiger partial charge in [-0.3, -0.25) is 0 Å². The molecule has 0 radical (unpaired) electrons. The van der Waals surface area contributed by atoms with Gasteiger partial charge < -0.3 is 5.11 Å². The molecule has 2 rings (SSSR count). The van der Waals surface area contributed by atoms with Crippen LogP contribution >= 0.6 is 0 Å². The predicted molar refractivity (Wildman–Crippen MR) is 49.9 cm³/mol. The maximum Gasteiger partial charge on any atom is 0.0573 e. The Labute approximate surface area is 75.2 Å². The molecule has 1 heteroatoms. The van der Waals surface area contributed by atoms with Crippen molar-refractivity contribution in [3.8, 4) is 0 Å². The van der Waals surface area contributed by atoms with Gasteiger partial charge in [0.05, 0.1) is 6.10 Å².